The third-order valence-electron chi connectivity index (χ3n) is 6.88. The van der Waals surface area contributed by atoms with Crippen molar-refractivity contribution in [1.29, 1.82) is 0 Å². The molecule has 0 aliphatic rings. The highest BCUT2D eigenvalue weighted by Gasteiger charge is 2.26. The van der Waals surface area contributed by atoms with Crippen molar-refractivity contribution < 1.29 is 13.9 Å². The van der Waals surface area contributed by atoms with Crippen LogP contribution < -0.4 is 5.69 Å². The molecule has 2 rings (SSSR count). The van der Waals surface area contributed by atoms with Gasteiger partial charge in [0.1, 0.15) is 11.2 Å². The molecule has 0 aromatic carbocycles. The van der Waals surface area contributed by atoms with Gasteiger partial charge in [0.05, 0.1) is 6.61 Å². The number of ether oxygens (including phenoxy) is 1. The number of carbonyl (C=O) groups is 1. The minimum atomic E-state index is -0.907. The van der Waals surface area contributed by atoms with Gasteiger partial charge in [0.15, 0.2) is 5.16 Å². The fraction of sp³-hybridized carbons (Fsp3) is 0.750. The molecule has 0 aliphatic heterocycles. The molecule has 204 valence electrons. The van der Waals surface area contributed by atoms with Crippen LogP contribution in [0, 0.1) is 18.8 Å². The summed E-state index contributed by atoms with van der Waals surface area (Å²) in [7, 11) is 0. The second kappa shape index (κ2) is 16.8. The van der Waals surface area contributed by atoms with Crippen molar-refractivity contribution in [1.82, 2.24) is 14.4 Å². The maximum absolute atomic E-state index is 15.1. The van der Waals surface area contributed by atoms with E-state index in [0.29, 0.717) is 16.6 Å². The Morgan fingerprint density at radius 2 is 1.61 bits per heavy atom. The molecule has 0 aliphatic carbocycles. The van der Waals surface area contributed by atoms with E-state index < -0.39 is 17.6 Å². The van der Waals surface area contributed by atoms with E-state index in [1.807, 2.05) is 0 Å². The smallest absolute Gasteiger partial charge is 0.343 e. The largest absolute Gasteiger partial charge is 0.462 e. The lowest BCUT2D eigenvalue weighted by molar-refractivity contribution is 0.0491. The highest BCUT2D eigenvalue weighted by molar-refractivity contribution is 7.99. The molecule has 8 heteroatoms. The molecule has 0 saturated heterocycles. The Hall–Kier alpha value is -1.83. The van der Waals surface area contributed by atoms with Crippen LogP contribution in [-0.2, 0) is 4.74 Å². The summed E-state index contributed by atoms with van der Waals surface area (Å²) in [6.45, 7) is 8.44. The number of rotatable bonds is 19. The number of carbonyl (C=O) groups excluding carboxylic acids is 1. The summed E-state index contributed by atoms with van der Waals surface area (Å²) in [5, 5.41) is 0.452. The highest BCUT2D eigenvalue weighted by Crippen LogP contribution is 2.25. The number of halogens is 1. The van der Waals surface area contributed by atoms with Crippen LogP contribution in [-0.4, -0.2) is 32.7 Å². The summed E-state index contributed by atoms with van der Waals surface area (Å²) in [6.07, 6.45) is 16.4. The number of aryl methyl sites for hydroxylation is 1. The molecule has 2 heterocycles. The molecule has 6 nitrogen and oxygen atoms in total. The predicted octanol–water partition coefficient (Wildman–Crippen LogP) is 7.86. The number of hydrogen-bond donors (Lipinski definition) is 1. The van der Waals surface area contributed by atoms with Crippen molar-refractivity contribution in [2.75, 3.05) is 12.4 Å². The summed E-state index contributed by atoms with van der Waals surface area (Å²) < 4.78 is 21.3. The fourth-order valence-corrected chi connectivity index (χ4v) is 5.56. The van der Waals surface area contributed by atoms with E-state index >= 15 is 4.39 Å². The van der Waals surface area contributed by atoms with Crippen LogP contribution in [0.5, 0.6) is 0 Å². The standard InChI is InChI=1S/C28H46FN3O3S/c1-5-8-10-11-12-13-14-15-16-17-19-35-26(33)23-21(4)25-30-27(31-28(34)32(25)24(23)29)36-20-22(7-3)18-9-6-2/h22H,5-20H2,1-4H3,(H,30,31,34). The number of unbranched alkanes of at least 4 members (excludes halogenated alkanes) is 10. The molecular formula is C28H46FN3O3S. The fourth-order valence-electron chi connectivity index (χ4n) is 4.46. The lowest BCUT2D eigenvalue weighted by Crippen LogP contribution is -2.20. The first-order chi connectivity index (χ1) is 17.4. The molecular weight excluding hydrogens is 477 g/mol. The number of nitrogens with zero attached hydrogens (tertiary/aromatic N) is 2. The van der Waals surface area contributed by atoms with Gasteiger partial charge in [0.2, 0.25) is 5.95 Å². The first-order valence-corrected chi connectivity index (χ1v) is 15.0. The predicted molar refractivity (Wildman–Crippen MR) is 147 cm³/mol. The highest BCUT2D eigenvalue weighted by atomic mass is 32.2. The maximum Gasteiger partial charge on any atom is 0.343 e. The quantitative estimate of drug-likeness (QED) is 0.115. The van der Waals surface area contributed by atoms with Gasteiger partial charge in [0, 0.05) is 11.3 Å². The second-order valence-corrected chi connectivity index (χ2v) is 10.9. The number of fused-ring (bicyclic) bond motifs is 1. The molecule has 1 unspecified atom stereocenters. The third kappa shape index (κ3) is 9.24. The van der Waals surface area contributed by atoms with Gasteiger partial charge in [-0.15, -0.1) is 0 Å². The van der Waals surface area contributed by atoms with Gasteiger partial charge in [-0.05, 0) is 25.7 Å². The van der Waals surface area contributed by atoms with Crippen LogP contribution in [0.1, 0.15) is 127 Å². The van der Waals surface area contributed by atoms with Crippen molar-refractivity contribution in [3.63, 3.8) is 0 Å². The van der Waals surface area contributed by atoms with Crippen LogP contribution in [0.15, 0.2) is 9.95 Å². The molecule has 0 fully saturated rings. The zero-order chi connectivity index (χ0) is 26.3. The Morgan fingerprint density at radius 3 is 2.22 bits per heavy atom. The summed E-state index contributed by atoms with van der Waals surface area (Å²) in [4.78, 5) is 32.4. The van der Waals surface area contributed by atoms with Crippen LogP contribution in [0.3, 0.4) is 0 Å². The van der Waals surface area contributed by atoms with Crippen LogP contribution in [0.2, 0.25) is 0 Å². The zero-order valence-corrected chi connectivity index (χ0v) is 23.6. The van der Waals surface area contributed by atoms with Crippen molar-refractivity contribution in [3.8, 4) is 0 Å². The number of thioether (sulfide) groups is 1. The summed E-state index contributed by atoms with van der Waals surface area (Å²) in [5.74, 6) is -0.260. The molecule has 2 aromatic rings. The molecule has 0 bridgehead atoms. The van der Waals surface area contributed by atoms with Crippen LogP contribution >= 0.6 is 11.8 Å². The van der Waals surface area contributed by atoms with Gasteiger partial charge in [-0.3, -0.25) is 4.98 Å². The number of nitrogens with one attached hydrogen (secondary N) is 1. The average molecular weight is 524 g/mol. The van der Waals surface area contributed by atoms with Gasteiger partial charge >= 0.3 is 11.7 Å². The molecule has 0 radical (unpaired) electrons. The minimum absolute atomic E-state index is 0.172. The maximum atomic E-state index is 15.1. The lowest BCUT2D eigenvalue weighted by Gasteiger charge is -2.13. The molecule has 1 atom stereocenters. The third-order valence-corrected chi connectivity index (χ3v) is 7.99. The van der Waals surface area contributed by atoms with Crippen LogP contribution in [0.25, 0.3) is 5.65 Å². The summed E-state index contributed by atoms with van der Waals surface area (Å²) in [6, 6.07) is 0. The zero-order valence-electron chi connectivity index (χ0n) is 22.8. The summed E-state index contributed by atoms with van der Waals surface area (Å²) in [5.41, 5.74) is -0.312. The van der Waals surface area contributed by atoms with E-state index in [1.54, 1.807) is 6.92 Å². The monoisotopic (exact) mass is 523 g/mol. The Labute approximate surface area is 220 Å². The first-order valence-electron chi connectivity index (χ1n) is 14.0. The number of esters is 1. The van der Waals surface area contributed by atoms with E-state index in [4.69, 9.17) is 4.74 Å². The normalized spacial score (nSPS) is 12.4. The first kappa shape index (κ1) is 30.4. The summed E-state index contributed by atoms with van der Waals surface area (Å²) >= 11 is 1.48. The molecule has 36 heavy (non-hydrogen) atoms. The second-order valence-electron chi connectivity index (χ2n) is 9.84. The Balaban J connectivity index is 1.89. The van der Waals surface area contributed by atoms with Gasteiger partial charge in [-0.25, -0.2) is 19.0 Å². The molecule has 2 aromatic heterocycles. The van der Waals surface area contributed by atoms with E-state index in [-0.39, 0.29) is 17.8 Å². The van der Waals surface area contributed by atoms with Gasteiger partial charge in [-0.2, -0.15) is 4.39 Å². The Kier molecular flexibility index (Phi) is 14.2. The van der Waals surface area contributed by atoms with Gasteiger partial charge in [0.25, 0.3) is 0 Å². The number of aromatic nitrogens is 3. The average Bonchev–Trinajstić information content (AvgIpc) is 3.12. The van der Waals surface area contributed by atoms with Gasteiger partial charge in [-0.1, -0.05) is 110 Å². The SMILES string of the molecule is CCCCCCCCCCCCOC(=O)c1c(C)c2nc(SCC(CC)CCCC)[nH]c(=O)n2c1F. The van der Waals surface area contributed by atoms with Crippen molar-refractivity contribution >= 4 is 23.4 Å². The molecule has 0 spiro atoms. The van der Waals surface area contributed by atoms with E-state index in [2.05, 4.69) is 30.7 Å². The molecule has 0 saturated carbocycles. The van der Waals surface area contributed by atoms with Crippen molar-refractivity contribution in [2.45, 2.75) is 123 Å². The van der Waals surface area contributed by atoms with Crippen LogP contribution in [0.4, 0.5) is 4.39 Å². The molecule has 0 amide bonds. The number of hydrogen-bond acceptors (Lipinski definition) is 5. The number of aromatic amines is 1. The van der Waals surface area contributed by atoms with E-state index in [9.17, 15) is 9.59 Å². The van der Waals surface area contributed by atoms with E-state index in [1.165, 1.54) is 63.1 Å². The van der Waals surface area contributed by atoms with Gasteiger partial charge < -0.3 is 4.74 Å². The Bertz CT molecular complexity index is 989. The topological polar surface area (TPSA) is 76.5 Å². The number of H-pyrrole nitrogens is 1. The van der Waals surface area contributed by atoms with Crippen molar-refractivity contribution in [2.24, 2.45) is 5.92 Å². The van der Waals surface area contributed by atoms with Crippen molar-refractivity contribution in [3.05, 3.63) is 27.6 Å². The minimum Gasteiger partial charge on any atom is -0.462 e. The van der Waals surface area contributed by atoms with E-state index in [0.717, 1.165) is 48.7 Å². The Morgan fingerprint density at radius 1 is 1.00 bits per heavy atom. The molecule has 1 N–H and O–H groups in total. The lowest BCUT2D eigenvalue weighted by atomic mass is 10.0.